The van der Waals surface area contributed by atoms with Crippen LogP contribution in [0.25, 0.3) is 11.1 Å². The Kier molecular flexibility index (Phi) is 8.61. The zero-order valence-corrected chi connectivity index (χ0v) is 19.5. The molecule has 1 aromatic heterocycles. The van der Waals surface area contributed by atoms with Gasteiger partial charge in [0.1, 0.15) is 12.1 Å². The molecule has 5 nitrogen and oxygen atoms in total. The maximum absolute atomic E-state index is 14.1. The van der Waals surface area contributed by atoms with Gasteiger partial charge in [0.2, 0.25) is 5.91 Å². The van der Waals surface area contributed by atoms with E-state index in [2.05, 4.69) is 15.6 Å². The molecule has 182 valence electrons. The number of aromatic nitrogens is 1. The van der Waals surface area contributed by atoms with E-state index in [9.17, 15) is 23.2 Å². The minimum absolute atomic E-state index is 0.00475. The Labute approximate surface area is 203 Å². The lowest BCUT2D eigenvalue weighted by molar-refractivity contribution is -0.161. The number of benzene rings is 2. The fourth-order valence-corrected chi connectivity index (χ4v) is 3.78. The summed E-state index contributed by atoms with van der Waals surface area (Å²) in [7, 11) is 0. The van der Waals surface area contributed by atoms with Gasteiger partial charge < -0.3 is 5.32 Å². The molecule has 3 rings (SSSR count). The van der Waals surface area contributed by atoms with E-state index < -0.39 is 36.1 Å². The molecule has 3 atom stereocenters. The molecule has 0 aliphatic carbocycles. The maximum atomic E-state index is 14.1. The average molecular weight is 481 g/mol. The quantitative estimate of drug-likeness (QED) is 0.440. The normalized spacial score (nSPS) is 14.1. The first-order chi connectivity index (χ1) is 16.7. The fraction of sp³-hybridized carbons (Fsp3) is 0.296. The van der Waals surface area contributed by atoms with Crippen LogP contribution >= 0.6 is 0 Å². The van der Waals surface area contributed by atoms with E-state index in [-0.39, 0.29) is 12.0 Å². The second-order valence-corrected chi connectivity index (χ2v) is 8.60. The molecular weight excluding hydrogens is 453 g/mol. The van der Waals surface area contributed by atoms with Crippen LogP contribution in [0.2, 0.25) is 0 Å². The Morgan fingerprint density at radius 1 is 0.971 bits per heavy atom. The molecule has 0 radical (unpaired) electrons. The third kappa shape index (κ3) is 7.14. The Balaban J connectivity index is 1.78. The Hall–Kier alpha value is -3.70. The first kappa shape index (κ1) is 25.9. The van der Waals surface area contributed by atoms with Crippen LogP contribution in [0.15, 0.2) is 79.1 Å². The van der Waals surface area contributed by atoms with E-state index >= 15 is 0 Å². The smallest absolute Gasteiger partial charge is 0.339 e. The zero-order valence-electron chi connectivity index (χ0n) is 19.5. The number of amides is 1. The van der Waals surface area contributed by atoms with Crippen LogP contribution in [0.4, 0.5) is 13.2 Å². The van der Waals surface area contributed by atoms with E-state index in [1.165, 1.54) is 12.1 Å². The Bertz CT molecular complexity index is 1130. The number of nitriles is 1. The predicted molar refractivity (Wildman–Crippen MR) is 128 cm³/mol. The first-order valence-corrected chi connectivity index (χ1v) is 11.3. The summed E-state index contributed by atoms with van der Waals surface area (Å²) in [4.78, 5) is 16.9. The third-order valence-electron chi connectivity index (χ3n) is 5.64. The summed E-state index contributed by atoms with van der Waals surface area (Å²) in [5.41, 5.74) is 2.43. The van der Waals surface area contributed by atoms with Crippen molar-refractivity contribution in [1.29, 1.82) is 5.26 Å². The third-order valence-corrected chi connectivity index (χ3v) is 5.64. The maximum Gasteiger partial charge on any atom is 0.407 e. The highest BCUT2D eigenvalue weighted by Gasteiger charge is 2.43. The molecule has 0 aliphatic heterocycles. The van der Waals surface area contributed by atoms with Gasteiger partial charge in [-0.15, -0.1) is 0 Å². The minimum atomic E-state index is -4.63. The largest absolute Gasteiger partial charge is 0.407 e. The average Bonchev–Trinajstić information content (AvgIpc) is 2.84. The van der Waals surface area contributed by atoms with Gasteiger partial charge in [-0.2, -0.15) is 18.4 Å². The molecule has 0 bridgehead atoms. The van der Waals surface area contributed by atoms with Gasteiger partial charge in [0.05, 0.1) is 12.1 Å². The van der Waals surface area contributed by atoms with Crippen molar-refractivity contribution in [3.8, 4) is 17.2 Å². The summed E-state index contributed by atoms with van der Waals surface area (Å²) in [5.74, 6) is -1.10. The highest BCUT2D eigenvalue weighted by Crippen LogP contribution is 2.34. The number of hydrogen-bond acceptors (Lipinski definition) is 4. The van der Waals surface area contributed by atoms with Crippen molar-refractivity contribution >= 4 is 5.91 Å². The predicted octanol–water partition coefficient (Wildman–Crippen LogP) is 5.22. The first-order valence-electron chi connectivity index (χ1n) is 11.3. The van der Waals surface area contributed by atoms with E-state index in [4.69, 9.17) is 0 Å². The molecule has 0 saturated carbocycles. The number of rotatable bonds is 9. The lowest BCUT2D eigenvalue weighted by atomic mass is 9.97. The van der Waals surface area contributed by atoms with Gasteiger partial charge in [-0.05, 0) is 40.3 Å². The number of carbonyl (C=O) groups is 1. The van der Waals surface area contributed by atoms with Gasteiger partial charge in [-0.1, -0.05) is 68.4 Å². The fourth-order valence-electron chi connectivity index (χ4n) is 3.78. The van der Waals surface area contributed by atoms with Crippen molar-refractivity contribution in [3.05, 3.63) is 90.3 Å². The van der Waals surface area contributed by atoms with Gasteiger partial charge in [-0.25, -0.2) is 0 Å². The zero-order chi connectivity index (χ0) is 25.4. The van der Waals surface area contributed by atoms with Crippen LogP contribution in [0.1, 0.15) is 31.0 Å². The summed E-state index contributed by atoms with van der Waals surface area (Å²) < 4.78 is 42.2. The number of carbonyl (C=O) groups excluding carboxylic acids is 1. The lowest BCUT2D eigenvalue weighted by Crippen LogP contribution is -2.53. The molecule has 8 heteroatoms. The second kappa shape index (κ2) is 11.6. The van der Waals surface area contributed by atoms with Crippen LogP contribution in [-0.4, -0.2) is 29.2 Å². The molecule has 0 aliphatic rings. The SMILES string of the molecule is CC(C)[C@H](N[C@@H](c1ccc(-c2ccncc2)cc1)C(F)(F)F)C(=O)NC(C#N)Cc1ccccc1. The van der Waals surface area contributed by atoms with Crippen LogP contribution in [0.5, 0.6) is 0 Å². The van der Waals surface area contributed by atoms with Gasteiger partial charge >= 0.3 is 6.18 Å². The highest BCUT2D eigenvalue weighted by molar-refractivity contribution is 5.82. The molecule has 3 aromatic rings. The van der Waals surface area contributed by atoms with Crippen molar-refractivity contribution < 1.29 is 18.0 Å². The number of nitrogens with one attached hydrogen (secondary N) is 2. The number of alkyl halides is 3. The van der Waals surface area contributed by atoms with Gasteiger partial charge in [0, 0.05) is 18.8 Å². The van der Waals surface area contributed by atoms with Crippen LogP contribution in [-0.2, 0) is 11.2 Å². The molecule has 0 spiro atoms. The van der Waals surface area contributed by atoms with E-state index in [0.717, 1.165) is 16.7 Å². The van der Waals surface area contributed by atoms with E-state index in [1.54, 1.807) is 50.5 Å². The summed E-state index contributed by atoms with van der Waals surface area (Å²) in [6.07, 6.45) is -1.15. The Morgan fingerprint density at radius 2 is 1.57 bits per heavy atom. The monoisotopic (exact) mass is 480 g/mol. The van der Waals surface area contributed by atoms with Crippen molar-refractivity contribution in [2.75, 3.05) is 0 Å². The molecule has 0 saturated heterocycles. The number of pyridine rings is 1. The van der Waals surface area contributed by atoms with E-state index in [1.807, 2.05) is 36.4 Å². The van der Waals surface area contributed by atoms with Gasteiger partial charge in [-0.3, -0.25) is 15.1 Å². The topological polar surface area (TPSA) is 77.8 Å². The molecule has 1 heterocycles. The van der Waals surface area contributed by atoms with Crippen molar-refractivity contribution in [2.24, 2.45) is 5.92 Å². The molecular formula is C27H27F3N4O. The molecule has 1 amide bonds. The van der Waals surface area contributed by atoms with Gasteiger partial charge in [0.15, 0.2) is 0 Å². The van der Waals surface area contributed by atoms with Crippen LogP contribution in [0, 0.1) is 17.2 Å². The molecule has 0 fully saturated rings. The van der Waals surface area contributed by atoms with Crippen LogP contribution < -0.4 is 10.6 Å². The van der Waals surface area contributed by atoms with Crippen molar-refractivity contribution in [3.63, 3.8) is 0 Å². The summed E-state index contributed by atoms with van der Waals surface area (Å²) in [6, 6.07) is 16.6. The van der Waals surface area contributed by atoms with Crippen LogP contribution in [0.3, 0.4) is 0 Å². The summed E-state index contributed by atoms with van der Waals surface area (Å²) >= 11 is 0. The number of hydrogen-bond donors (Lipinski definition) is 2. The van der Waals surface area contributed by atoms with Crippen molar-refractivity contribution in [1.82, 2.24) is 15.6 Å². The van der Waals surface area contributed by atoms with Crippen molar-refractivity contribution in [2.45, 2.75) is 44.6 Å². The molecule has 2 aromatic carbocycles. The second-order valence-electron chi connectivity index (χ2n) is 8.60. The molecule has 35 heavy (non-hydrogen) atoms. The molecule has 1 unspecified atom stereocenters. The molecule has 2 N–H and O–H groups in total. The standard InChI is InChI=1S/C27H27F3N4O/c1-18(2)24(26(35)33-23(17-31)16-19-6-4-3-5-7-19)34-25(27(28,29)30)22-10-8-20(9-11-22)21-12-14-32-15-13-21/h3-15,18,23-25,34H,16H2,1-2H3,(H,33,35)/t23?,24-,25-/m0/s1. The lowest BCUT2D eigenvalue weighted by Gasteiger charge is -2.30. The number of nitrogens with zero attached hydrogens (tertiary/aromatic N) is 2. The number of halogens is 3. The van der Waals surface area contributed by atoms with Gasteiger partial charge in [0.25, 0.3) is 0 Å². The summed E-state index contributed by atoms with van der Waals surface area (Å²) in [5, 5.41) is 14.6. The Morgan fingerprint density at radius 3 is 2.11 bits per heavy atom. The highest BCUT2D eigenvalue weighted by atomic mass is 19.4. The minimum Gasteiger partial charge on any atom is -0.339 e. The summed E-state index contributed by atoms with van der Waals surface area (Å²) in [6.45, 7) is 3.32. The van der Waals surface area contributed by atoms with E-state index in [0.29, 0.717) is 0 Å².